The fourth-order valence-electron chi connectivity index (χ4n) is 3.51. The first kappa shape index (κ1) is 21.1. The number of nitrogens with one attached hydrogen (secondary N) is 1. The van der Waals surface area contributed by atoms with Crippen LogP contribution in [0, 0.1) is 5.92 Å². The Morgan fingerprint density at radius 2 is 1.79 bits per heavy atom. The van der Waals surface area contributed by atoms with Gasteiger partial charge in [0.1, 0.15) is 0 Å². The van der Waals surface area contributed by atoms with Crippen molar-refractivity contribution in [3.8, 4) is 0 Å². The van der Waals surface area contributed by atoms with Gasteiger partial charge in [0.25, 0.3) is 0 Å². The van der Waals surface area contributed by atoms with Crippen molar-refractivity contribution in [3.63, 3.8) is 0 Å². The SMILES string of the molecule is CC(C)CC(NC(=O)/C=C/c1ccc(N2CCCS2(=O)=O)cc1)c1ccccc1. The standard InChI is InChI=1S/C23H28N2O3S/c1-18(2)17-22(20-7-4-3-5-8-20)24-23(26)14-11-19-9-12-21(13-10-19)25-15-6-16-29(25,27)28/h3-5,7-14,18,22H,6,15-17H2,1-2H3,(H,24,26)/b14-11+. The lowest BCUT2D eigenvalue weighted by Gasteiger charge is -2.20. The summed E-state index contributed by atoms with van der Waals surface area (Å²) in [7, 11) is -3.18. The lowest BCUT2D eigenvalue weighted by Crippen LogP contribution is -2.27. The highest BCUT2D eigenvalue weighted by atomic mass is 32.2. The van der Waals surface area contributed by atoms with Crippen molar-refractivity contribution in [1.29, 1.82) is 0 Å². The maximum absolute atomic E-state index is 12.5. The van der Waals surface area contributed by atoms with E-state index in [0.29, 0.717) is 24.6 Å². The van der Waals surface area contributed by atoms with Crippen molar-refractivity contribution in [3.05, 3.63) is 71.8 Å². The molecule has 6 heteroatoms. The van der Waals surface area contributed by atoms with Crippen LogP contribution in [0.3, 0.4) is 0 Å². The van der Waals surface area contributed by atoms with Gasteiger partial charge in [-0.05, 0) is 48.1 Å². The summed E-state index contributed by atoms with van der Waals surface area (Å²) in [4.78, 5) is 12.5. The molecule has 2 aromatic carbocycles. The molecule has 0 aliphatic carbocycles. The summed E-state index contributed by atoms with van der Waals surface area (Å²) in [6.45, 7) is 4.80. The molecule has 3 rings (SSSR count). The Hall–Kier alpha value is -2.60. The molecule has 1 fully saturated rings. The second kappa shape index (κ2) is 9.27. The molecule has 0 bridgehead atoms. The number of sulfonamides is 1. The molecule has 154 valence electrons. The Morgan fingerprint density at radius 1 is 1.10 bits per heavy atom. The summed E-state index contributed by atoms with van der Waals surface area (Å²) in [6.07, 6.45) is 4.79. The number of anilines is 1. The summed E-state index contributed by atoms with van der Waals surface area (Å²) >= 11 is 0. The fourth-order valence-corrected chi connectivity index (χ4v) is 5.07. The molecule has 29 heavy (non-hydrogen) atoms. The minimum atomic E-state index is -3.18. The summed E-state index contributed by atoms with van der Waals surface area (Å²) in [6, 6.07) is 17.2. The molecule has 0 spiro atoms. The van der Waals surface area contributed by atoms with E-state index in [1.54, 1.807) is 18.2 Å². The van der Waals surface area contributed by atoms with E-state index in [9.17, 15) is 13.2 Å². The first-order chi connectivity index (χ1) is 13.8. The van der Waals surface area contributed by atoms with Crippen molar-refractivity contribution in [2.45, 2.75) is 32.7 Å². The quantitative estimate of drug-likeness (QED) is 0.695. The van der Waals surface area contributed by atoms with Gasteiger partial charge < -0.3 is 5.32 Å². The van der Waals surface area contributed by atoms with E-state index in [1.165, 1.54) is 10.4 Å². The maximum Gasteiger partial charge on any atom is 0.244 e. The highest BCUT2D eigenvalue weighted by Crippen LogP contribution is 2.24. The van der Waals surface area contributed by atoms with E-state index in [0.717, 1.165) is 17.5 Å². The van der Waals surface area contributed by atoms with E-state index in [-0.39, 0.29) is 17.7 Å². The van der Waals surface area contributed by atoms with Crippen LogP contribution in [0.5, 0.6) is 0 Å². The van der Waals surface area contributed by atoms with Crippen LogP contribution in [0.25, 0.3) is 6.08 Å². The van der Waals surface area contributed by atoms with E-state index in [4.69, 9.17) is 0 Å². The van der Waals surface area contributed by atoms with E-state index < -0.39 is 10.0 Å². The Morgan fingerprint density at radius 3 is 2.38 bits per heavy atom. The van der Waals surface area contributed by atoms with Crippen LogP contribution in [-0.4, -0.2) is 26.6 Å². The topological polar surface area (TPSA) is 66.5 Å². The van der Waals surface area contributed by atoms with Gasteiger partial charge in [0.05, 0.1) is 17.5 Å². The first-order valence-electron chi connectivity index (χ1n) is 9.99. The molecule has 1 aliphatic rings. The highest BCUT2D eigenvalue weighted by Gasteiger charge is 2.28. The number of rotatable bonds is 7. The highest BCUT2D eigenvalue weighted by molar-refractivity contribution is 7.93. The number of carbonyl (C=O) groups excluding carboxylic acids is 1. The normalized spacial score (nSPS) is 17.0. The van der Waals surface area contributed by atoms with Crippen LogP contribution < -0.4 is 9.62 Å². The molecule has 0 radical (unpaired) electrons. The van der Waals surface area contributed by atoms with Crippen LogP contribution in [0.4, 0.5) is 5.69 Å². The van der Waals surface area contributed by atoms with E-state index >= 15 is 0 Å². The zero-order chi connectivity index (χ0) is 20.9. The zero-order valence-electron chi connectivity index (χ0n) is 16.9. The Kier molecular flexibility index (Phi) is 6.75. The Labute approximate surface area is 173 Å². The Bertz CT molecular complexity index is 951. The van der Waals surface area contributed by atoms with Crippen molar-refractivity contribution in [2.75, 3.05) is 16.6 Å². The second-order valence-electron chi connectivity index (χ2n) is 7.77. The predicted molar refractivity (Wildman–Crippen MR) is 118 cm³/mol. The van der Waals surface area contributed by atoms with E-state index in [2.05, 4.69) is 19.2 Å². The zero-order valence-corrected chi connectivity index (χ0v) is 17.7. The van der Waals surface area contributed by atoms with Gasteiger partial charge in [0, 0.05) is 12.6 Å². The van der Waals surface area contributed by atoms with Gasteiger partial charge in [-0.1, -0.05) is 56.3 Å². The van der Waals surface area contributed by atoms with Crippen molar-refractivity contribution >= 4 is 27.7 Å². The average molecular weight is 413 g/mol. The third kappa shape index (κ3) is 5.70. The number of benzene rings is 2. The summed E-state index contributed by atoms with van der Waals surface area (Å²) in [5.41, 5.74) is 2.62. The molecule has 1 unspecified atom stereocenters. The van der Waals surface area contributed by atoms with Crippen molar-refractivity contribution in [1.82, 2.24) is 5.32 Å². The van der Waals surface area contributed by atoms with Crippen LogP contribution in [-0.2, 0) is 14.8 Å². The molecular weight excluding hydrogens is 384 g/mol. The number of nitrogens with zero attached hydrogens (tertiary/aromatic N) is 1. The maximum atomic E-state index is 12.5. The number of hydrogen-bond donors (Lipinski definition) is 1. The largest absolute Gasteiger partial charge is 0.346 e. The number of carbonyl (C=O) groups is 1. The summed E-state index contributed by atoms with van der Waals surface area (Å²) < 4.78 is 25.5. The number of amides is 1. The predicted octanol–water partition coefficient (Wildman–Crippen LogP) is 4.14. The monoisotopic (exact) mass is 412 g/mol. The third-order valence-corrected chi connectivity index (χ3v) is 6.80. The van der Waals surface area contributed by atoms with Gasteiger partial charge in [-0.25, -0.2) is 8.42 Å². The molecular formula is C23H28N2O3S. The third-order valence-electron chi connectivity index (χ3n) is 4.93. The van der Waals surface area contributed by atoms with Crippen LogP contribution in [0.15, 0.2) is 60.7 Å². The second-order valence-corrected chi connectivity index (χ2v) is 9.78. The fraction of sp³-hybridized carbons (Fsp3) is 0.348. The molecule has 1 amide bonds. The van der Waals surface area contributed by atoms with Gasteiger partial charge in [0.15, 0.2) is 0 Å². The van der Waals surface area contributed by atoms with E-state index in [1.807, 2.05) is 42.5 Å². The molecule has 1 aliphatic heterocycles. The van der Waals surface area contributed by atoms with Gasteiger partial charge in [0.2, 0.25) is 15.9 Å². The lowest BCUT2D eigenvalue weighted by molar-refractivity contribution is -0.117. The van der Waals surface area contributed by atoms with Crippen LogP contribution in [0.2, 0.25) is 0 Å². The van der Waals surface area contributed by atoms with Gasteiger partial charge in [-0.2, -0.15) is 0 Å². The smallest absolute Gasteiger partial charge is 0.244 e. The van der Waals surface area contributed by atoms with Crippen molar-refractivity contribution < 1.29 is 13.2 Å². The summed E-state index contributed by atoms with van der Waals surface area (Å²) in [5, 5.41) is 3.09. The van der Waals surface area contributed by atoms with Gasteiger partial charge in [-0.3, -0.25) is 9.10 Å². The number of hydrogen-bond acceptors (Lipinski definition) is 3. The molecule has 1 heterocycles. The molecule has 5 nitrogen and oxygen atoms in total. The minimum Gasteiger partial charge on any atom is -0.346 e. The first-order valence-corrected chi connectivity index (χ1v) is 11.6. The molecule has 1 saturated heterocycles. The van der Waals surface area contributed by atoms with Gasteiger partial charge in [-0.15, -0.1) is 0 Å². The molecule has 1 N–H and O–H groups in total. The molecule has 0 saturated carbocycles. The minimum absolute atomic E-state index is 0.0314. The summed E-state index contributed by atoms with van der Waals surface area (Å²) in [5.74, 6) is 0.512. The van der Waals surface area contributed by atoms with Crippen molar-refractivity contribution in [2.24, 2.45) is 5.92 Å². The lowest BCUT2D eigenvalue weighted by atomic mass is 9.97. The molecule has 0 aromatic heterocycles. The van der Waals surface area contributed by atoms with Gasteiger partial charge >= 0.3 is 0 Å². The molecule has 2 aromatic rings. The van der Waals surface area contributed by atoms with Crippen LogP contribution >= 0.6 is 0 Å². The Balaban J connectivity index is 1.65. The average Bonchev–Trinajstić information content (AvgIpc) is 3.05. The molecule has 1 atom stereocenters. The van der Waals surface area contributed by atoms with Crippen LogP contribution in [0.1, 0.15) is 43.9 Å².